The fourth-order valence-electron chi connectivity index (χ4n) is 2.39. The van der Waals surface area contributed by atoms with Crippen LogP contribution in [0.3, 0.4) is 0 Å². The molecule has 124 valence electrons. The van der Waals surface area contributed by atoms with Crippen molar-refractivity contribution in [2.24, 2.45) is 0 Å². The zero-order valence-electron chi connectivity index (χ0n) is 13.5. The van der Waals surface area contributed by atoms with Gasteiger partial charge in [0.15, 0.2) is 0 Å². The number of hydrogen-bond acceptors (Lipinski definition) is 5. The minimum Gasteiger partial charge on any atom is -0.325 e. The smallest absolute Gasteiger partial charge is 0.268 e. The highest BCUT2D eigenvalue weighted by atomic mass is 32.1. The Labute approximate surface area is 143 Å². The summed E-state index contributed by atoms with van der Waals surface area (Å²) in [5.74, 6) is 0.442. The number of aromatic amines is 1. The molecule has 7 heteroatoms. The molecule has 2 heterocycles. The van der Waals surface area contributed by atoms with E-state index >= 15 is 0 Å². The van der Waals surface area contributed by atoms with E-state index in [4.69, 9.17) is 0 Å². The maximum Gasteiger partial charge on any atom is 0.268 e. The number of carbonyl (C=O) groups excluding carboxylic acids is 1. The van der Waals surface area contributed by atoms with Crippen molar-refractivity contribution in [3.63, 3.8) is 0 Å². The second-order valence-corrected chi connectivity index (χ2v) is 6.65. The summed E-state index contributed by atoms with van der Waals surface area (Å²) in [5.41, 5.74) is 2.47. The van der Waals surface area contributed by atoms with Gasteiger partial charge in [-0.3, -0.25) is 14.5 Å². The van der Waals surface area contributed by atoms with Gasteiger partial charge < -0.3 is 10.3 Å². The Kier molecular flexibility index (Phi) is 4.73. The average Bonchev–Trinajstić information content (AvgIpc) is 2.98. The number of rotatable bonds is 5. The average molecular weight is 342 g/mol. The molecule has 3 rings (SSSR count). The molecule has 0 unspecified atom stereocenters. The van der Waals surface area contributed by atoms with Crippen molar-refractivity contribution in [3.05, 3.63) is 57.5 Å². The van der Waals surface area contributed by atoms with E-state index in [1.165, 1.54) is 11.3 Å². The third-order valence-electron chi connectivity index (χ3n) is 3.53. The Hall–Kier alpha value is -2.51. The maximum atomic E-state index is 12.1. The van der Waals surface area contributed by atoms with E-state index in [0.717, 1.165) is 11.3 Å². The summed E-state index contributed by atoms with van der Waals surface area (Å²) >= 11 is 1.37. The minimum atomic E-state index is -0.137. The number of hydrogen-bond donors (Lipinski definition) is 2. The molecule has 1 aromatic carbocycles. The second kappa shape index (κ2) is 6.94. The zero-order chi connectivity index (χ0) is 17.1. The number of likely N-dealkylation sites (N-methyl/N-ethyl adjacent to an activating group) is 1. The van der Waals surface area contributed by atoms with Gasteiger partial charge in [0.1, 0.15) is 10.5 Å². The lowest BCUT2D eigenvalue weighted by molar-refractivity contribution is -0.117. The minimum absolute atomic E-state index is 0.111. The van der Waals surface area contributed by atoms with Crippen LogP contribution in [0.4, 0.5) is 5.69 Å². The predicted octanol–water partition coefficient (Wildman–Crippen LogP) is 2.36. The molecule has 0 aliphatic heterocycles. The van der Waals surface area contributed by atoms with Crippen LogP contribution in [-0.2, 0) is 11.3 Å². The van der Waals surface area contributed by atoms with Gasteiger partial charge in [-0.15, -0.1) is 11.3 Å². The number of benzene rings is 1. The summed E-state index contributed by atoms with van der Waals surface area (Å²) in [6, 6.07) is 9.46. The molecular formula is C17H18N4O2S. The van der Waals surface area contributed by atoms with E-state index in [1.807, 2.05) is 49.7 Å². The number of fused-ring (bicyclic) bond motifs is 1. The van der Waals surface area contributed by atoms with Crippen LogP contribution in [-0.4, -0.2) is 34.4 Å². The van der Waals surface area contributed by atoms with Gasteiger partial charge in [-0.2, -0.15) is 0 Å². The lowest BCUT2D eigenvalue weighted by Crippen LogP contribution is -2.31. The molecule has 0 fully saturated rings. The van der Waals surface area contributed by atoms with Crippen LogP contribution in [0, 0.1) is 6.92 Å². The number of anilines is 1. The lowest BCUT2D eigenvalue weighted by atomic mass is 10.2. The van der Waals surface area contributed by atoms with E-state index in [2.05, 4.69) is 15.3 Å². The Morgan fingerprint density at radius 2 is 2.04 bits per heavy atom. The number of aryl methyl sites for hydroxylation is 1. The van der Waals surface area contributed by atoms with Gasteiger partial charge >= 0.3 is 0 Å². The highest BCUT2D eigenvalue weighted by Crippen LogP contribution is 2.14. The van der Waals surface area contributed by atoms with Crippen LogP contribution in [0.25, 0.3) is 10.2 Å². The van der Waals surface area contributed by atoms with E-state index in [1.54, 1.807) is 4.90 Å². The third-order valence-corrected chi connectivity index (χ3v) is 4.43. The van der Waals surface area contributed by atoms with Gasteiger partial charge in [0.2, 0.25) is 5.91 Å². The first-order valence-electron chi connectivity index (χ1n) is 7.53. The highest BCUT2D eigenvalue weighted by Gasteiger charge is 2.10. The topological polar surface area (TPSA) is 78.1 Å². The monoisotopic (exact) mass is 342 g/mol. The summed E-state index contributed by atoms with van der Waals surface area (Å²) in [6.45, 7) is 2.60. The SMILES string of the molecule is Cc1ccc(NC(=O)CN(C)Cc2nc3ccsc3c(=O)[nH]2)cc1. The summed E-state index contributed by atoms with van der Waals surface area (Å²) in [5, 5.41) is 4.69. The molecule has 0 atom stereocenters. The van der Waals surface area contributed by atoms with Gasteiger partial charge in [0, 0.05) is 5.69 Å². The Morgan fingerprint density at radius 1 is 1.29 bits per heavy atom. The summed E-state index contributed by atoms with van der Waals surface area (Å²) in [6.07, 6.45) is 0. The number of carbonyl (C=O) groups is 1. The van der Waals surface area contributed by atoms with Crippen LogP contribution in [0.5, 0.6) is 0 Å². The molecule has 1 amide bonds. The van der Waals surface area contributed by atoms with E-state index < -0.39 is 0 Å². The molecule has 0 saturated heterocycles. The van der Waals surface area contributed by atoms with Crippen molar-refractivity contribution in [1.29, 1.82) is 0 Å². The van der Waals surface area contributed by atoms with E-state index in [-0.39, 0.29) is 18.0 Å². The van der Waals surface area contributed by atoms with Crippen LogP contribution >= 0.6 is 11.3 Å². The molecule has 0 saturated carbocycles. The quantitative estimate of drug-likeness (QED) is 0.746. The summed E-state index contributed by atoms with van der Waals surface area (Å²) in [7, 11) is 1.81. The molecule has 0 bridgehead atoms. The second-order valence-electron chi connectivity index (χ2n) is 5.73. The molecule has 3 aromatic rings. The first kappa shape index (κ1) is 16.4. The van der Waals surface area contributed by atoms with Gasteiger partial charge in [-0.25, -0.2) is 4.98 Å². The first-order valence-corrected chi connectivity index (χ1v) is 8.41. The molecular weight excluding hydrogens is 324 g/mol. The van der Waals surface area contributed by atoms with Crippen molar-refractivity contribution in [3.8, 4) is 0 Å². The third kappa shape index (κ3) is 3.87. The predicted molar refractivity (Wildman–Crippen MR) is 96.4 cm³/mol. The molecule has 0 aliphatic rings. The number of nitrogens with one attached hydrogen (secondary N) is 2. The molecule has 24 heavy (non-hydrogen) atoms. The number of amides is 1. The Bertz CT molecular complexity index is 914. The Balaban J connectivity index is 1.61. The van der Waals surface area contributed by atoms with Crippen molar-refractivity contribution in [1.82, 2.24) is 14.9 Å². The standard InChI is InChI=1S/C17H18N4O2S/c1-11-3-5-12(6-4-11)18-15(22)10-21(2)9-14-19-13-7-8-24-16(13)17(23)20-14/h3-8H,9-10H2,1-2H3,(H,18,22)(H,19,20,23). The lowest BCUT2D eigenvalue weighted by Gasteiger charge is -2.15. The summed E-state index contributed by atoms with van der Waals surface area (Å²) in [4.78, 5) is 33.0. The fraction of sp³-hybridized carbons (Fsp3) is 0.235. The van der Waals surface area contributed by atoms with Gasteiger partial charge in [-0.05, 0) is 37.6 Å². The molecule has 2 N–H and O–H groups in total. The molecule has 6 nitrogen and oxygen atoms in total. The van der Waals surface area contributed by atoms with Gasteiger partial charge in [-0.1, -0.05) is 17.7 Å². The van der Waals surface area contributed by atoms with Crippen LogP contribution in [0.1, 0.15) is 11.4 Å². The first-order chi connectivity index (χ1) is 11.5. The number of H-pyrrole nitrogens is 1. The van der Waals surface area contributed by atoms with Crippen LogP contribution in [0.15, 0.2) is 40.5 Å². The van der Waals surface area contributed by atoms with E-state index in [0.29, 0.717) is 22.6 Å². The molecule has 0 spiro atoms. The van der Waals surface area contributed by atoms with Crippen molar-refractivity contribution in [2.45, 2.75) is 13.5 Å². The maximum absolute atomic E-state index is 12.1. The molecule has 0 radical (unpaired) electrons. The van der Waals surface area contributed by atoms with E-state index in [9.17, 15) is 9.59 Å². The van der Waals surface area contributed by atoms with Crippen molar-refractivity contribution in [2.75, 3.05) is 18.9 Å². The fourth-order valence-corrected chi connectivity index (χ4v) is 3.12. The van der Waals surface area contributed by atoms with Crippen LogP contribution in [0.2, 0.25) is 0 Å². The Morgan fingerprint density at radius 3 is 2.79 bits per heavy atom. The normalized spacial score (nSPS) is 11.1. The zero-order valence-corrected chi connectivity index (χ0v) is 14.3. The number of aromatic nitrogens is 2. The summed E-state index contributed by atoms with van der Waals surface area (Å²) < 4.78 is 0.624. The largest absolute Gasteiger partial charge is 0.325 e. The van der Waals surface area contributed by atoms with Crippen molar-refractivity contribution < 1.29 is 4.79 Å². The highest BCUT2D eigenvalue weighted by molar-refractivity contribution is 7.17. The van der Waals surface area contributed by atoms with Gasteiger partial charge in [0.25, 0.3) is 5.56 Å². The van der Waals surface area contributed by atoms with Crippen molar-refractivity contribution >= 4 is 33.1 Å². The molecule has 2 aromatic heterocycles. The van der Waals surface area contributed by atoms with Crippen LogP contribution < -0.4 is 10.9 Å². The number of nitrogens with zero attached hydrogens (tertiary/aromatic N) is 2. The number of thiophene rings is 1. The van der Waals surface area contributed by atoms with Gasteiger partial charge in [0.05, 0.1) is 18.6 Å². The molecule has 0 aliphatic carbocycles.